The third-order valence-corrected chi connectivity index (χ3v) is 12.5. The van der Waals surface area contributed by atoms with Gasteiger partial charge in [-0.05, 0) is 90.2 Å². The molecule has 2 heterocycles. The predicted octanol–water partition coefficient (Wildman–Crippen LogP) is 4.79. The molecule has 0 radical (unpaired) electrons. The van der Waals surface area contributed by atoms with Gasteiger partial charge in [-0.3, -0.25) is 14.4 Å². The van der Waals surface area contributed by atoms with Crippen LogP contribution >= 0.6 is 0 Å². The highest BCUT2D eigenvalue weighted by atomic mass is 16.5. The number of fused-ring (bicyclic) bond motifs is 1. The van der Waals surface area contributed by atoms with Crippen molar-refractivity contribution in [2.45, 2.75) is 76.0 Å². The van der Waals surface area contributed by atoms with Crippen molar-refractivity contribution in [3.63, 3.8) is 0 Å². The molecule has 2 N–H and O–H groups in total. The number of aliphatic hydroxyl groups is 1. The maximum Gasteiger partial charge on any atom is 0.245 e. The van der Waals surface area contributed by atoms with Crippen LogP contribution in [0.2, 0.25) is 0 Å². The van der Waals surface area contributed by atoms with Gasteiger partial charge in [0, 0.05) is 52.0 Å². The van der Waals surface area contributed by atoms with Crippen LogP contribution in [0.5, 0.6) is 5.75 Å². The fraction of sp³-hybridized carbons (Fsp3) is 0.537. The lowest BCUT2D eigenvalue weighted by atomic mass is 9.49. The molecule has 2 unspecified atom stereocenters. The summed E-state index contributed by atoms with van der Waals surface area (Å²) in [7, 11) is 1.67. The minimum Gasteiger partial charge on any atom is -0.495 e. The Hall–Kier alpha value is -4.11. The molecule has 0 spiro atoms. The minimum absolute atomic E-state index is 0.0199. The van der Waals surface area contributed by atoms with Gasteiger partial charge in [0.2, 0.25) is 17.7 Å². The highest BCUT2D eigenvalue weighted by Gasteiger charge is 2.53. The summed E-state index contributed by atoms with van der Waals surface area (Å²) in [6.45, 7) is 2.48. The number of nitrogens with zero attached hydrogens (tertiary/aromatic N) is 3. The second-order valence-corrected chi connectivity index (χ2v) is 16.0. The highest BCUT2D eigenvalue weighted by molar-refractivity contribution is 5.93. The number of amides is 3. The average molecular weight is 679 g/mol. The van der Waals surface area contributed by atoms with E-state index in [-0.39, 0.29) is 36.1 Å². The fourth-order valence-electron chi connectivity index (χ4n) is 10.6. The van der Waals surface area contributed by atoms with E-state index in [0.717, 1.165) is 64.8 Å². The quantitative estimate of drug-likeness (QED) is 0.338. The molecule has 2 saturated heterocycles. The number of carbonyl (C=O) groups excluding carboxylic acids is 3. The summed E-state index contributed by atoms with van der Waals surface area (Å²) >= 11 is 0. The molecule has 4 bridgehead atoms. The topological polar surface area (TPSA) is 102 Å². The van der Waals surface area contributed by atoms with Gasteiger partial charge in [0.05, 0.1) is 18.9 Å². The number of para-hydroxylation sites is 2. The fourth-order valence-corrected chi connectivity index (χ4v) is 10.6. The normalized spacial score (nSPS) is 29.3. The van der Waals surface area contributed by atoms with Crippen LogP contribution in [0.1, 0.15) is 56.9 Å². The summed E-state index contributed by atoms with van der Waals surface area (Å²) in [6, 6.07) is 20.6. The smallest absolute Gasteiger partial charge is 0.245 e. The van der Waals surface area contributed by atoms with Crippen molar-refractivity contribution in [2.75, 3.05) is 44.7 Å². The number of benzene rings is 3. The lowest BCUT2D eigenvalue weighted by molar-refractivity contribution is -0.145. The van der Waals surface area contributed by atoms with Crippen LogP contribution in [-0.2, 0) is 20.8 Å². The Labute approximate surface area is 294 Å². The van der Waals surface area contributed by atoms with E-state index in [1.165, 1.54) is 19.3 Å². The van der Waals surface area contributed by atoms with Gasteiger partial charge >= 0.3 is 0 Å². The van der Waals surface area contributed by atoms with Gasteiger partial charge in [0.1, 0.15) is 17.8 Å². The number of hydrogen-bond acceptors (Lipinski definition) is 6. The highest BCUT2D eigenvalue weighted by Crippen LogP contribution is 2.61. The van der Waals surface area contributed by atoms with Gasteiger partial charge in [-0.1, -0.05) is 54.6 Å². The molecule has 9 rings (SSSR count). The number of ether oxygens (including phenoxy) is 1. The number of carbonyl (C=O) groups is 3. The summed E-state index contributed by atoms with van der Waals surface area (Å²) in [5, 5.41) is 16.1. The number of piperazine rings is 1. The summed E-state index contributed by atoms with van der Waals surface area (Å²) in [6.07, 6.45) is 7.49. The number of hydrogen-bond donors (Lipinski definition) is 2. The molecule has 0 aromatic heterocycles. The zero-order valence-corrected chi connectivity index (χ0v) is 29.1. The lowest BCUT2D eigenvalue weighted by Gasteiger charge is -2.57. The standard InChI is InChI=1S/C41H50N4O5/c1-50-37-9-5-4-8-35(37)43-12-14-44(15-13-43)40(49)34(20-27-10-11-31-6-2-3-7-32(31)19-27)42-39(48)36-21-33(46)26-45(36)38(47)25-41-22-28-16-29(23-41)18-30(17-28)24-41/h2-11,19,28-30,33-34,36,46H,12-18,20-26H2,1H3,(H,42,48)/t28?,29?,30?,33-,34?,36?,41?/m1/s1. The minimum atomic E-state index is -0.806. The number of β-amino-alcohol motifs (C(OH)–C–C–N with tert-alkyl or cyclic N) is 1. The Bertz CT molecular complexity index is 1720. The predicted molar refractivity (Wildman–Crippen MR) is 193 cm³/mol. The van der Waals surface area contributed by atoms with E-state index >= 15 is 0 Å². The molecular formula is C41H50N4O5. The molecule has 9 nitrogen and oxygen atoms in total. The first-order chi connectivity index (χ1) is 24.3. The van der Waals surface area contributed by atoms with E-state index < -0.39 is 18.2 Å². The summed E-state index contributed by atoms with van der Waals surface area (Å²) in [5.41, 5.74) is 2.00. The second-order valence-electron chi connectivity index (χ2n) is 16.0. The maximum atomic E-state index is 14.3. The van der Waals surface area contributed by atoms with E-state index in [1.54, 1.807) is 12.0 Å². The van der Waals surface area contributed by atoms with Gasteiger partial charge in [0.15, 0.2) is 0 Å². The van der Waals surface area contributed by atoms with Crippen LogP contribution in [0, 0.1) is 23.2 Å². The second kappa shape index (κ2) is 13.5. The third kappa shape index (κ3) is 6.57. The van der Waals surface area contributed by atoms with Crippen molar-refractivity contribution in [2.24, 2.45) is 23.2 Å². The molecule has 6 fully saturated rings. The van der Waals surface area contributed by atoms with E-state index in [4.69, 9.17) is 4.74 Å². The molecule has 3 aromatic carbocycles. The molecule has 9 heteroatoms. The number of nitrogens with one attached hydrogen (secondary N) is 1. The van der Waals surface area contributed by atoms with Gasteiger partial charge in [-0.25, -0.2) is 0 Å². The van der Waals surface area contributed by atoms with Crippen LogP contribution in [0.25, 0.3) is 10.8 Å². The Morgan fingerprint density at radius 3 is 2.22 bits per heavy atom. The first-order valence-electron chi connectivity index (χ1n) is 18.7. The van der Waals surface area contributed by atoms with Crippen molar-refractivity contribution in [1.82, 2.24) is 15.1 Å². The molecule has 6 aliphatic rings. The molecule has 50 heavy (non-hydrogen) atoms. The molecule has 4 aliphatic carbocycles. The SMILES string of the molecule is COc1ccccc1N1CCN(C(=O)C(Cc2ccc3ccccc3c2)NC(=O)C2C[C@@H](O)CN2C(=O)CC23CC4CC(CC(C4)C2)C3)CC1. The van der Waals surface area contributed by atoms with E-state index in [9.17, 15) is 19.5 Å². The van der Waals surface area contributed by atoms with Crippen molar-refractivity contribution in [3.05, 3.63) is 72.3 Å². The molecule has 3 amide bonds. The zero-order valence-electron chi connectivity index (χ0n) is 29.1. The van der Waals surface area contributed by atoms with Gasteiger partial charge in [0.25, 0.3) is 0 Å². The van der Waals surface area contributed by atoms with E-state index in [0.29, 0.717) is 39.0 Å². The van der Waals surface area contributed by atoms with Crippen LogP contribution in [0.15, 0.2) is 66.7 Å². The number of likely N-dealkylation sites (tertiary alicyclic amines) is 1. The first kappa shape index (κ1) is 33.1. The van der Waals surface area contributed by atoms with Gasteiger partial charge < -0.3 is 29.9 Å². The Balaban J connectivity index is 0.990. The summed E-state index contributed by atoms with van der Waals surface area (Å²) in [4.78, 5) is 48.2. The van der Waals surface area contributed by atoms with Crippen molar-refractivity contribution in [1.29, 1.82) is 0 Å². The number of aliphatic hydroxyl groups excluding tert-OH is 1. The number of anilines is 1. The van der Waals surface area contributed by atoms with Crippen LogP contribution in [0.4, 0.5) is 5.69 Å². The first-order valence-corrected chi connectivity index (χ1v) is 18.7. The summed E-state index contributed by atoms with van der Waals surface area (Å²) < 4.78 is 5.59. The van der Waals surface area contributed by atoms with Crippen LogP contribution in [0.3, 0.4) is 0 Å². The lowest BCUT2D eigenvalue weighted by Crippen LogP contribution is -2.58. The average Bonchev–Trinajstić information content (AvgIpc) is 3.52. The maximum absolute atomic E-state index is 14.3. The van der Waals surface area contributed by atoms with E-state index in [1.807, 2.05) is 47.4 Å². The Morgan fingerprint density at radius 1 is 0.860 bits per heavy atom. The van der Waals surface area contributed by atoms with Crippen molar-refractivity contribution >= 4 is 34.2 Å². The Kier molecular flexibility index (Phi) is 8.96. The third-order valence-electron chi connectivity index (χ3n) is 12.5. The Morgan fingerprint density at radius 2 is 1.52 bits per heavy atom. The molecular weight excluding hydrogens is 628 g/mol. The van der Waals surface area contributed by atoms with Crippen molar-refractivity contribution in [3.8, 4) is 5.75 Å². The monoisotopic (exact) mass is 678 g/mol. The van der Waals surface area contributed by atoms with E-state index in [2.05, 4.69) is 34.5 Å². The number of methoxy groups -OCH3 is 1. The molecule has 2 aliphatic heterocycles. The van der Waals surface area contributed by atoms with Crippen molar-refractivity contribution < 1.29 is 24.2 Å². The molecule has 4 saturated carbocycles. The summed E-state index contributed by atoms with van der Waals surface area (Å²) in [5.74, 6) is 2.49. The number of rotatable bonds is 9. The largest absolute Gasteiger partial charge is 0.495 e. The van der Waals surface area contributed by atoms with Crippen LogP contribution in [-0.4, -0.2) is 90.6 Å². The van der Waals surface area contributed by atoms with Crippen LogP contribution < -0.4 is 15.0 Å². The molecule has 264 valence electrons. The molecule has 3 atom stereocenters. The van der Waals surface area contributed by atoms with Gasteiger partial charge in [-0.15, -0.1) is 0 Å². The van der Waals surface area contributed by atoms with Gasteiger partial charge in [-0.2, -0.15) is 0 Å². The molecule has 3 aromatic rings. The zero-order chi connectivity index (χ0) is 34.4.